The van der Waals surface area contributed by atoms with Crippen LogP contribution in [0.25, 0.3) is 0 Å². The zero-order valence-corrected chi connectivity index (χ0v) is 15.9. The van der Waals surface area contributed by atoms with Crippen LogP contribution in [0, 0.1) is 24.2 Å². The summed E-state index contributed by atoms with van der Waals surface area (Å²) in [5.74, 6) is 0.201. The molecule has 7 heteroatoms. The highest BCUT2D eigenvalue weighted by molar-refractivity contribution is 7.18. The molecule has 0 aliphatic carbocycles. The fraction of sp³-hybridized carbons (Fsp3) is 0.316. The number of methoxy groups -OCH3 is 1. The summed E-state index contributed by atoms with van der Waals surface area (Å²) in [4.78, 5) is 24.5. The third kappa shape index (κ3) is 4.41. The van der Waals surface area contributed by atoms with Crippen LogP contribution in [0.4, 0.5) is 5.00 Å². The number of benzene rings is 1. The second kappa shape index (κ2) is 8.50. The lowest BCUT2D eigenvalue weighted by molar-refractivity contribution is 0.0605. The Hall–Kier alpha value is -2.85. The Bertz CT molecular complexity index is 848. The molecule has 2 aromatic rings. The molecular formula is C19H20N2O4S. The van der Waals surface area contributed by atoms with Crippen LogP contribution in [-0.4, -0.2) is 25.6 Å². The van der Waals surface area contributed by atoms with Crippen molar-refractivity contribution in [2.45, 2.75) is 20.8 Å². The van der Waals surface area contributed by atoms with Crippen molar-refractivity contribution in [3.05, 3.63) is 45.8 Å². The number of ether oxygens (including phenoxy) is 2. The summed E-state index contributed by atoms with van der Waals surface area (Å²) < 4.78 is 10.3. The predicted molar refractivity (Wildman–Crippen MR) is 99.8 cm³/mol. The molecule has 6 nitrogen and oxygen atoms in total. The minimum Gasteiger partial charge on any atom is -0.493 e. The zero-order chi connectivity index (χ0) is 19.3. The van der Waals surface area contributed by atoms with Crippen LogP contribution >= 0.6 is 11.3 Å². The Morgan fingerprint density at radius 2 is 1.92 bits per heavy atom. The summed E-state index contributed by atoms with van der Waals surface area (Å²) in [6.07, 6.45) is 0. The van der Waals surface area contributed by atoms with Crippen LogP contribution in [0.3, 0.4) is 0 Å². The number of nitriles is 1. The molecule has 1 amide bonds. The molecule has 0 saturated heterocycles. The van der Waals surface area contributed by atoms with Crippen LogP contribution in [-0.2, 0) is 4.74 Å². The van der Waals surface area contributed by atoms with E-state index in [-0.39, 0.29) is 11.5 Å². The van der Waals surface area contributed by atoms with Gasteiger partial charge in [0, 0.05) is 5.56 Å². The first-order valence-electron chi connectivity index (χ1n) is 8.03. The average Bonchev–Trinajstić information content (AvgIpc) is 2.94. The number of carbonyl (C=O) groups excluding carboxylic acids is 2. The molecule has 0 atom stereocenters. The molecule has 1 heterocycles. The molecule has 1 aromatic carbocycles. The molecule has 0 spiro atoms. The van der Waals surface area contributed by atoms with Gasteiger partial charge in [0.25, 0.3) is 5.91 Å². The second-order valence-electron chi connectivity index (χ2n) is 6.05. The van der Waals surface area contributed by atoms with E-state index < -0.39 is 5.97 Å². The number of amides is 1. The van der Waals surface area contributed by atoms with Gasteiger partial charge in [0.2, 0.25) is 0 Å². The highest BCUT2D eigenvalue weighted by Gasteiger charge is 2.22. The maximum atomic E-state index is 12.4. The lowest BCUT2D eigenvalue weighted by Crippen LogP contribution is -2.12. The highest BCUT2D eigenvalue weighted by Crippen LogP contribution is 2.33. The molecule has 1 aromatic heterocycles. The maximum absolute atomic E-state index is 12.4. The summed E-state index contributed by atoms with van der Waals surface area (Å²) in [6.45, 7) is 6.36. The van der Waals surface area contributed by atoms with Crippen molar-refractivity contribution in [1.29, 1.82) is 5.26 Å². The van der Waals surface area contributed by atoms with E-state index in [0.29, 0.717) is 39.3 Å². The highest BCUT2D eigenvalue weighted by atomic mass is 32.1. The first-order chi connectivity index (χ1) is 12.4. The number of thiophene rings is 1. The van der Waals surface area contributed by atoms with Crippen molar-refractivity contribution >= 4 is 28.2 Å². The van der Waals surface area contributed by atoms with Gasteiger partial charge in [-0.15, -0.1) is 11.3 Å². The summed E-state index contributed by atoms with van der Waals surface area (Å²) in [5.41, 5.74) is 1.19. The fourth-order valence-corrected chi connectivity index (χ4v) is 3.23. The van der Waals surface area contributed by atoms with Gasteiger partial charge in [-0.3, -0.25) is 4.79 Å². The number of nitrogens with zero attached hydrogens (tertiary/aromatic N) is 1. The third-order valence-corrected chi connectivity index (χ3v) is 4.74. The molecule has 26 heavy (non-hydrogen) atoms. The first-order valence-corrected chi connectivity index (χ1v) is 8.85. The molecular weight excluding hydrogens is 352 g/mol. The van der Waals surface area contributed by atoms with E-state index in [4.69, 9.17) is 9.47 Å². The molecule has 0 unspecified atom stereocenters. The molecule has 136 valence electrons. The Morgan fingerprint density at radius 1 is 1.27 bits per heavy atom. The van der Waals surface area contributed by atoms with Crippen molar-refractivity contribution in [3.8, 4) is 11.8 Å². The smallest absolute Gasteiger partial charge is 0.348 e. The molecule has 0 saturated carbocycles. The number of rotatable bonds is 6. The molecule has 0 aliphatic rings. The average molecular weight is 372 g/mol. The second-order valence-corrected chi connectivity index (χ2v) is 7.07. The fourth-order valence-electron chi connectivity index (χ4n) is 2.16. The number of carbonyl (C=O) groups is 2. The lowest BCUT2D eigenvalue weighted by Gasteiger charge is -2.09. The Morgan fingerprint density at radius 3 is 2.46 bits per heavy atom. The van der Waals surface area contributed by atoms with Crippen molar-refractivity contribution < 1.29 is 19.1 Å². The number of hydrogen-bond acceptors (Lipinski definition) is 6. The van der Waals surface area contributed by atoms with Gasteiger partial charge in [-0.05, 0) is 42.7 Å². The molecule has 0 bridgehead atoms. The first kappa shape index (κ1) is 19.5. The van der Waals surface area contributed by atoms with Gasteiger partial charge in [-0.25, -0.2) is 4.79 Å². The minimum atomic E-state index is -0.531. The standard InChI is InChI=1S/C19H20N2O4S/c1-11(2)10-25-14-7-5-13(6-8-14)17(22)21-18-15(9-20)12(3)16(26-18)19(23)24-4/h5-8,11H,10H2,1-4H3,(H,21,22). The van der Waals surface area contributed by atoms with E-state index in [2.05, 4.69) is 19.2 Å². The zero-order valence-electron chi connectivity index (χ0n) is 15.1. The van der Waals surface area contributed by atoms with E-state index in [1.807, 2.05) is 6.07 Å². The van der Waals surface area contributed by atoms with Crippen molar-refractivity contribution in [2.75, 3.05) is 19.0 Å². The Kier molecular flexibility index (Phi) is 6.36. The normalized spacial score (nSPS) is 10.3. The summed E-state index contributed by atoms with van der Waals surface area (Å²) in [5, 5.41) is 12.4. The number of hydrogen-bond donors (Lipinski definition) is 1. The van der Waals surface area contributed by atoms with Crippen molar-refractivity contribution in [3.63, 3.8) is 0 Å². The summed E-state index contributed by atoms with van der Waals surface area (Å²) in [6, 6.07) is 8.78. The van der Waals surface area contributed by atoms with Gasteiger partial charge in [0.15, 0.2) is 0 Å². The van der Waals surface area contributed by atoms with Crippen LogP contribution in [0.1, 0.15) is 45.0 Å². The van der Waals surface area contributed by atoms with E-state index in [1.165, 1.54) is 7.11 Å². The van der Waals surface area contributed by atoms with E-state index >= 15 is 0 Å². The van der Waals surface area contributed by atoms with Crippen molar-refractivity contribution in [1.82, 2.24) is 0 Å². The van der Waals surface area contributed by atoms with E-state index in [0.717, 1.165) is 11.3 Å². The number of esters is 1. The largest absolute Gasteiger partial charge is 0.493 e. The van der Waals surface area contributed by atoms with Gasteiger partial charge >= 0.3 is 5.97 Å². The Labute approximate surface area is 156 Å². The maximum Gasteiger partial charge on any atom is 0.348 e. The molecule has 2 rings (SSSR count). The molecule has 0 aliphatic heterocycles. The van der Waals surface area contributed by atoms with Gasteiger partial charge < -0.3 is 14.8 Å². The topological polar surface area (TPSA) is 88.4 Å². The molecule has 0 fully saturated rings. The number of anilines is 1. The van der Waals surface area contributed by atoms with Crippen LogP contribution in [0.2, 0.25) is 0 Å². The third-order valence-electron chi connectivity index (χ3n) is 3.56. The van der Waals surface area contributed by atoms with Crippen LogP contribution in [0.15, 0.2) is 24.3 Å². The van der Waals surface area contributed by atoms with Crippen LogP contribution in [0.5, 0.6) is 5.75 Å². The minimum absolute atomic E-state index is 0.264. The van der Waals surface area contributed by atoms with Gasteiger partial charge in [0.1, 0.15) is 21.7 Å². The van der Waals surface area contributed by atoms with E-state index in [9.17, 15) is 14.9 Å². The SMILES string of the molecule is COC(=O)c1sc(NC(=O)c2ccc(OCC(C)C)cc2)c(C#N)c1C. The number of nitrogens with one attached hydrogen (secondary N) is 1. The van der Waals surface area contributed by atoms with Gasteiger partial charge in [-0.1, -0.05) is 13.8 Å². The van der Waals surface area contributed by atoms with E-state index in [1.54, 1.807) is 31.2 Å². The summed E-state index contributed by atoms with van der Waals surface area (Å²) in [7, 11) is 1.27. The molecule has 0 radical (unpaired) electrons. The lowest BCUT2D eigenvalue weighted by atomic mass is 10.1. The van der Waals surface area contributed by atoms with Crippen LogP contribution < -0.4 is 10.1 Å². The predicted octanol–water partition coefficient (Wildman–Crippen LogP) is 4.00. The monoisotopic (exact) mass is 372 g/mol. The van der Waals surface area contributed by atoms with Gasteiger partial charge in [0.05, 0.1) is 19.3 Å². The van der Waals surface area contributed by atoms with Crippen molar-refractivity contribution in [2.24, 2.45) is 5.92 Å². The quantitative estimate of drug-likeness (QED) is 0.774. The van der Waals surface area contributed by atoms with Gasteiger partial charge in [-0.2, -0.15) is 5.26 Å². The Balaban J connectivity index is 2.17. The molecule has 1 N–H and O–H groups in total. The summed E-state index contributed by atoms with van der Waals surface area (Å²) >= 11 is 1.03.